The highest BCUT2D eigenvalue weighted by atomic mass is 16.6. The molecule has 0 aromatic rings. The van der Waals surface area contributed by atoms with Crippen LogP contribution in [0.15, 0.2) is 12.2 Å². The third kappa shape index (κ3) is 21.5. The van der Waals surface area contributed by atoms with Crippen LogP contribution < -0.4 is 0 Å². The molecular weight excluding hydrogens is 502 g/mol. The fraction of sp³-hybridized carbons (Fsp3) is 0.846. The van der Waals surface area contributed by atoms with Crippen LogP contribution in [-0.2, 0) is 52.2 Å². The van der Waals surface area contributed by atoms with Gasteiger partial charge in [-0.25, -0.2) is 0 Å². The van der Waals surface area contributed by atoms with E-state index in [4.69, 9.17) is 42.6 Å². The highest BCUT2D eigenvalue weighted by Crippen LogP contribution is 2.02. The van der Waals surface area contributed by atoms with Crippen LogP contribution in [0.25, 0.3) is 0 Å². The SMILES string of the molecule is CCCCOCCOCCOCCOCCOCCOCCOCCOCCOCCN1C(=O)C=CC1=O. The van der Waals surface area contributed by atoms with Crippen molar-refractivity contribution in [2.45, 2.75) is 19.8 Å². The maximum atomic E-state index is 11.4. The smallest absolute Gasteiger partial charge is 0.253 e. The first-order chi connectivity index (χ1) is 18.8. The number of hydrogen-bond acceptors (Lipinski definition) is 11. The Labute approximate surface area is 226 Å². The van der Waals surface area contributed by atoms with E-state index in [1.807, 2.05) is 0 Å². The minimum Gasteiger partial charge on any atom is -0.379 e. The van der Waals surface area contributed by atoms with Crippen molar-refractivity contribution in [2.75, 3.05) is 125 Å². The van der Waals surface area contributed by atoms with Crippen LogP contribution in [0.4, 0.5) is 0 Å². The highest BCUT2D eigenvalue weighted by Gasteiger charge is 2.22. The summed E-state index contributed by atoms with van der Waals surface area (Å²) in [7, 11) is 0. The second kappa shape index (κ2) is 27.1. The van der Waals surface area contributed by atoms with Crippen LogP contribution in [0, 0.1) is 0 Å². The highest BCUT2D eigenvalue weighted by molar-refractivity contribution is 6.12. The molecule has 0 spiro atoms. The molecule has 0 aromatic heterocycles. The molecule has 222 valence electrons. The van der Waals surface area contributed by atoms with Crippen molar-refractivity contribution in [3.8, 4) is 0 Å². The second-order valence-corrected chi connectivity index (χ2v) is 8.03. The summed E-state index contributed by atoms with van der Waals surface area (Å²) in [6.45, 7) is 11.5. The zero-order valence-corrected chi connectivity index (χ0v) is 22.9. The summed E-state index contributed by atoms with van der Waals surface area (Å²) in [6.07, 6.45) is 4.75. The number of carbonyl (C=O) groups is 2. The Kier molecular flexibility index (Phi) is 24.6. The van der Waals surface area contributed by atoms with E-state index in [0.29, 0.717) is 106 Å². The van der Waals surface area contributed by atoms with Gasteiger partial charge in [-0.1, -0.05) is 13.3 Å². The van der Waals surface area contributed by atoms with E-state index in [2.05, 4.69) is 6.92 Å². The summed E-state index contributed by atoms with van der Waals surface area (Å²) in [5.41, 5.74) is 0. The van der Waals surface area contributed by atoms with Gasteiger partial charge in [-0.05, 0) is 6.42 Å². The number of hydrogen-bond donors (Lipinski definition) is 0. The molecule has 1 rings (SSSR count). The predicted molar refractivity (Wildman–Crippen MR) is 138 cm³/mol. The number of amides is 2. The van der Waals surface area contributed by atoms with Crippen molar-refractivity contribution >= 4 is 11.8 Å². The van der Waals surface area contributed by atoms with Gasteiger partial charge in [0.05, 0.1) is 119 Å². The van der Waals surface area contributed by atoms with Gasteiger partial charge in [0.1, 0.15) is 0 Å². The molecule has 0 unspecified atom stereocenters. The van der Waals surface area contributed by atoms with Crippen LogP contribution in [0.2, 0.25) is 0 Å². The Morgan fingerprint density at radius 3 is 1.00 bits per heavy atom. The van der Waals surface area contributed by atoms with E-state index in [0.717, 1.165) is 24.3 Å². The fourth-order valence-corrected chi connectivity index (χ4v) is 2.92. The maximum absolute atomic E-state index is 11.4. The molecule has 12 heteroatoms. The van der Waals surface area contributed by atoms with Crippen LogP contribution in [0.3, 0.4) is 0 Å². The monoisotopic (exact) mass is 549 g/mol. The van der Waals surface area contributed by atoms with Crippen molar-refractivity contribution in [1.29, 1.82) is 0 Å². The van der Waals surface area contributed by atoms with Gasteiger partial charge in [-0.2, -0.15) is 0 Å². The van der Waals surface area contributed by atoms with Gasteiger partial charge < -0.3 is 42.6 Å². The number of ether oxygens (including phenoxy) is 9. The summed E-state index contributed by atoms with van der Waals surface area (Å²) < 4.78 is 48.8. The quantitative estimate of drug-likeness (QED) is 0.0937. The number of rotatable bonds is 30. The lowest BCUT2D eigenvalue weighted by molar-refractivity contribution is -0.137. The van der Waals surface area contributed by atoms with E-state index in [9.17, 15) is 9.59 Å². The average Bonchev–Trinajstić information content (AvgIpc) is 3.24. The lowest BCUT2D eigenvalue weighted by atomic mass is 10.4. The summed E-state index contributed by atoms with van der Waals surface area (Å²) in [6, 6.07) is 0. The molecular formula is C26H47NO11. The molecule has 2 amide bonds. The van der Waals surface area contributed by atoms with E-state index < -0.39 is 0 Å². The van der Waals surface area contributed by atoms with E-state index in [1.165, 1.54) is 12.2 Å². The van der Waals surface area contributed by atoms with Gasteiger partial charge in [-0.3, -0.25) is 14.5 Å². The first kappa shape index (κ1) is 34.5. The van der Waals surface area contributed by atoms with Crippen molar-refractivity contribution in [1.82, 2.24) is 4.90 Å². The molecule has 1 heterocycles. The van der Waals surface area contributed by atoms with Crippen LogP contribution in [0.1, 0.15) is 19.8 Å². The van der Waals surface area contributed by atoms with E-state index in [1.54, 1.807) is 0 Å². The van der Waals surface area contributed by atoms with Crippen LogP contribution >= 0.6 is 0 Å². The van der Waals surface area contributed by atoms with Crippen LogP contribution in [-0.4, -0.2) is 142 Å². The van der Waals surface area contributed by atoms with E-state index in [-0.39, 0.29) is 25.0 Å². The summed E-state index contributed by atoms with van der Waals surface area (Å²) in [4.78, 5) is 23.9. The molecule has 0 atom stereocenters. The summed E-state index contributed by atoms with van der Waals surface area (Å²) in [5.74, 6) is -0.605. The molecule has 0 saturated heterocycles. The largest absolute Gasteiger partial charge is 0.379 e. The molecule has 0 saturated carbocycles. The molecule has 0 fully saturated rings. The topological polar surface area (TPSA) is 120 Å². The van der Waals surface area contributed by atoms with Gasteiger partial charge in [-0.15, -0.1) is 0 Å². The first-order valence-corrected chi connectivity index (χ1v) is 13.5. The van der Waals surface area contributed by atoms with Crippen LogP contribution in [0.5, 0.6) is 0 Å². The minimum absolute atomic E-state index is 0.245. The predicted octanol–water partition coefficient (Wildman–Crippen LogP) is 0.861. The third-order valence-electron chi connectivity index (χ3n) is 4.98. The molecule has 0 radical (unpaired) electrons. The van der Waals surface area contributed by atoms with Gasteiger partial charge in [0, 0.05) is 18.8 Å². The number of nitrogens with zero attached hydrogens (tertiary/aromatic N) is 1. The average molecular weight is 550 g/mol. The van der Waals surface area contributed by atoms with Gasteiger partial charge in [0.2, 0.25) is 0 Å². The first-order valence-electron chi connectivity index (χ1n) is 13.5. The third-order valence-corrected chi connectivity index (χ3v) is 4.98. The van der Waals surface area contributed by atoms with Crippen molar-refractivity contribution in [3.05, 3.63) is 12.2 Å². The molecule has 0 aliphatic carbocycles. The normalized spacial score (nSPS) is 13.3. The molecule has 12 nitrogen and oxygen atoms in total. The molecule has 0 bridgehead atoms. The maximum Gasteiger partial charge on any atom is 0.253 e. The van der Waals surface area contributed by atoms with Gasteiger partial charge in [0.15, 0.2) is 0 Å². The number of imide groups is 1. The molecule has 1 aliphatic heterocycles. The van der Waals surface area contributed by atoms with Crippen molar-refractivity contribution < 1.29 is 52.2 Å². The lowest BCUT2D eigenvalue weighted by Gasteiger charge is -2.13. The zero-order chi connectivity index (χ0) is 27.4. The lowest BCUT2D eigenvalue weighted by Crippen LogP contribution is -2.33. The fourth-order valence-electron chi connectivity index (χ4n) is 2.92. The Bertz CT molecular complexity index is 574. The summed E-state index contributed by atoms with van der Waals surface area (Å²) in [5, 5.41) is 0. The number of carbonyl (C=O) groups excluding carboxylic acids is 2. The standard InChI is InChI=1S/C26H47NO11/c1-2-3-7-30-9-11-32-13-15-34-17-19-36-21-23-38-24-22-37-20-18-35-16-14-33-12-10-31-8-6-27-25(28)4-5-26(27)29/h4-5H,2-3,6-24H2,1H3. The molecule has 0 aromatic carbocycles. The second-order valence-electron chi connectivity index (χ2n) is 8.03. The van der Waals surface area contributed by atoms with Gasteiger partial charge >= 0.3 is 0 Å². The zero-order valence-electron chi connectivity index (χ0n) is 22.9. The van der Waals surface area contributed by atoms with Crippen molar-refractivity contribution in [2.24, 2.45) is 0 Å². The summed E-state index contributed by atoms with van der Waals surface area (Å²) >= 11 is 0. The Hall–Kier alpha value is -1.48. The van der Waals surface area contributed by atoms with Gasteiger partial charge in [0.25, 0.3) is 11.8 Å². The Morgan fingerprint density at radius 1 is 0.447 bits per heavy atom. The number of unbranched alkanes of at least 4 members (excludes halogenated alkanes) is 1. The Morgan fingerprint density at radius 2 is 0.711 bits per heavy atom. The minimum atomic E-state index is -0.302. The molecule has 0 N–H and O–H groups in total. The van der Waals surface area contributed by atoms with Crippen molar-refractivity contribution in [3.63, 3.8) is 0 Å². The molecule has 38 heavy (non-hydrogen) atoms. The molecule has 1 aliphatic rings. The Balaban J connectivity index is 1.64. The van der Waals surface area contributed by atoms with E-state index >= 15 is 0 Å².